The molecule has 4 heteroatoms. The molecule has 0 fully saturated rings. The van der Waals surface area contributed by atoms with Gasteiger partial charge in [0.2, 0.25) is 5.91 Å². The topological polar surface area (TPSA) is 66.4 Å². The summed E-state index contributed by atoms with van der Waals surface area (Å²) in [5, 5.41) is 13.6. The van der Waals surface area contributed by atoms with Crippen molar-refractivity contribution < 1.29 is 14.7 Å². The van der Waals surface area contributed by atoms with Gasteiger partial charge in [-0.1, -0.05) is 42.5 Å². The number of hydrogen-bond acceptors (Lipinski definition) is 2. The summed E-state index contributed by atoms with van der Waals surface area (Å²) >= 11 is 0. The monoisotopic (exact) mass is 285 g/mol. The van der Waals surface area contributed by atoms with Crippen LogP contribution in [0.3, 0.4) is 0 Å². The summed E-state index contributed by atoms with van der Waals surface area (Å²) in [4.78, 5) is 22.2. The van der Waals surface area contributed by atoms with Gasteiger partial charge in [0.05, 0.1) is 0 Å². The maximum atomic E-state index is 11.6. The molecule has 1 amide bonds. The average molecular weight is 285 g/mol. The van der Waals surface area contributed by atoms with E-state index in [1.807, 2.05) is 12.1 Å². The van der Waals surface area contributed by atoms with E-state index in [4.69, 9.17) is 5.11 Å². The third-order valence-electron chi connectivity index (χ3n) is 3.43. The van der Waals surface area contributed by atoms with Crippen molar-refractivity contribution >= 4 is 22.6 Å². The Morgan fingerprint density at radius 2 is 1.86 bits per heavy atom. The average Bonchev–Trinajstić information content (AvgIpc) is 2.47. The number of carbonyl (C=O) groups excluding carboxylic acids is 1. The number of aliphatic carboxylic acids is 1. The highest BCUT2D eigenvalue weighted by molar-refractivity contribution is 5.84. The van der Waals surface area contributed by atoms with Crippen LogP contribution in [0.5, 0.6) is 0 Å². The molecular weight excluding hydrogens is 266 g/mol. The van der Waals surface area contributed by atoms with E-state index in [0.717, 1.165) is 6.42 Å². The number of fused-ring (bicyclic) bond motifs is 1. The number of amides is 1. The van der Waals surface area contributed by atoms with Gasteiger partial charge in [0.15, 0.2) is 0 Å². The predicted molar refractivity (Wildman–Crippen MR) is 82.1 cm³/mol. The Bertz CT molecular complexity index is 651. The molecule has 0 aliphatic heterocycles. The second-order valence-electron chi connectivity index (χ2n) is 5.16. The van der Waals surface area contributed by atoms with Gasteiger partial charge in [-0.25, -0.2) is 0 Å². The lowest BCUT2D eigenvalue weighted by molar-refractivity contribution is -0.141. The fourth-order valence-corrected chi connectivity index (χ4v) is 2.22. The molecule has 0 saturated carbocycles. The van der Waals surface area contributed by atoms with Gasteiger partial charge in [-0.3, -0.25) is 9.59 Å². The highest BCUT2D eigenvalue weighted by atomic mass is 16.4. The molecule has 0 saturated heterocycles. The Morgan fingerprint density at radius 1 is 1.14 bits per heavy atom. The van der Waals surface area contributed by atoms with Crippen LogP contribution < -0.4 is 5.32 Å². The summed E-state index contributed by atoms with van der Waals surface area (Å²) in [5.41, 5.74) is 1.19. The summed E-state index contributed by atoms with van der Waals surface area (Å²) in [7, 11) is 0. The Hall–Kier alpha value is -2.36. The van der Waals surface area contributed by atoms with Crippen molar-refractivity contribution in [3.05, 3.63) is 48.0 Å². The van der Waals surface area contributed by atoms with E-state index in [1.54, 1.807) is 0 Å². The molecule has 0 aliphatic carbocycles. The molecule has 2 aromatic carbocycles. The highest BCUT2D eigenvalue weighted by Gasteiger charge is 2.13. The first kappa shape index (κ1) is 15.0. The summed E-state index contributed by atoms with van der Waals surface area (Å²) in [6.45, 7) is 1.46. The van der Waals surface area contributed by atoms with Crippen molar-refractivity contribution in [2.45, 2.75) is 32.2 Å². The first-order valence-corrected chi connectivity index (χ1v) is 7.06. The summed E-state index contributed by atoms with van der Waals surface area (Å²) in [6.07, 6.45) is 1.85. The van der Waals surface area contributed by atoms with Crippen LogP contribution in [0.2, 0.25) is 0 Å². The number of rotatable bonds is 6. The molecule has 0 aliphatic rings. The number of carboxylic acids is 1. The van der Waals surface area contributed by atoms with Crippen molar-refractivity contribution in [2.24, 2.45) is 0 Å². The van der Waals surface area contributed by atoms with E-state index >= 15 is 0 Å². The molecule has 0 heterocycles. The molecule has 21 heavy (non-hydrogen) atoms. The van der Waals surface area contributed by atoms with Crippen LogP contribution in [-0.2, 0) is 16.0 Å². The van der Waals surface area contributed by atoms with Gasteiger partial charge >= 0.3 is 5.97 Å². The van der Waals surface area contributed by atoms with Crippen molar-refractivity contribution in [3.8, 4) is 0 Å². The Labute approximate surface area is 123 Å². The van der Waals surface area contributed by atoms with E-state index < -0.39 is 12.0 Å². The van der Waals surface area contributed by atoms with E-state index in [0.29, 0.717) is 12.8 Å². The number of nitrogens with one attached hydrogen (secondary N) is 1. The minimum Gasteiger partial charge on any atom is -0.480 e. The van der Waals surface area contributed by atoms with E-state index in [9.17, 15) is 9.59 Å². The van der Waals surface area contributed by atoms with Crippen LogP contribution in [0.4, 0.5) is 0 Å². The molecule has 2 rings (SSSR count). The maximum absolute atomic E-state index is 11.6. The summed E-state index contributed by atoms with van der Waals surface area (Å²) in [5.74, 6) is -1.23. The molecule has 0 unspecified atom stereocenters. The lowest BCUT2D eigenvalue weighted by atomic mass is 10.0. The summed E-state index contributed by atoms with van der Waals surface area (Å²) < 4.78 is 0. The van der Waals surface area contributed by atoms with Gasteiger partial charge < -0.3 is 10.4 Å². The first-order chi connectivity index (χ1) is 10.1. The minimum atomic E-state index is -1.02. The number of benzene rings is 2. The van der Waals surface area contributed by atoms with Crippen LogP contribution in [-0.4, -0.2) is 23.0 Å². The molecular formula is C17H19NO3. The smallest absolute Gasteiger partial charge is 0.325 e. The molecule has 1 atom stereocenters. The number of carbonyl (C=O) groups is 2. The largest absolute Gasteiger partial charge is 0.480 e. The number of aryl methyl sites for hydroxylation is 1. The van der Waals surface area contributed by atoms with E-state index in [1.165, 1.54) is 23.3 Å². The third-order valence-corrected chi connectivity index (χ3v) is 3.43. The Balaban J connectivity index is 1.84. The number of hydrogen-bond donors (Lipinski definition) is 2. The fourth-order valence-electron chi connectivity index (χ4n) is 2.22. The van der Waals surface area contributed by atoms with Crippen LogP contribution in [0.25, 0.3) is 10.8 Å². The number of carboxylic acid groups (broad SMARTS) is 1. The summed E-state index contributed by atoms with van der Waals surface area (Å²) in [6, 6.07) is 13.6. The molecule has 0 spiro atoms. The fraction of sp³-hybridized carbons (Fsp3) is 0.294. The van der Waals surface area contributed by atoms with Gasteiger partial charge in [0, 0.05) is 6.42 Å². The molecule has 0 aromatic heterocycles. The maximum Gasteiger partial charge on any atom is 0.325 e. The van der Waals surface area contributed by atoms with Crippen LogP contribution in [0.15, 0.2) is 42.5 Å². The third kappa shape index (κ3) is 4.31. The normalized spacial score (nSPS) is 12.0. The standard InChI is InChI=1S/C17H19NO3/c1-12(17(20)21)18-16(19)8-4-5-13-9-10-14-6-2-3-7-15(14)11-13/h2-3,6-7,9-12H,4-5,8H2,1H3,(H,18,19)(H,20,21)/t12-/m0/s1. The van der Waals surface area contributed by atoms with E-state index in [-0.39, 0.29) is 5.91 Å². The highest BCUT2D eigenvalue weighted by Crippen LogP contribution is 2.16. The predicted octanol–water partition coefficient (Wildman–Crippen LogP) is 2.75. The quantitative estimate of drug-likeness (QED) is 0.857. The molecule has 0 radical (unpaired) electrons. The van der Waals surface area contributed by atoms with Gasteiger partial charge in [-0.15, -0.1) is 0 Å². The van der Waals surface area contributed by atoms with Gasteiger partial charge in [-0.05, 0) is 36.1 Å². The molecule has 2 aromatic rings. The Morgan fingerprint density at radius 3 is 2.57 bits per heavy atom. The molecule has 0 bridgehead atoms. The van der Waals surface area contributed by atoms with Crippen LogP contribution >= 0.6 is 0 Å². The van der Waals surface area contributed by atoms with Crippen LogP contribution in [0.1, 0.15) is 25.3 Å². The van der Waals surface area contributed by atoms with E-state index in [2.05, 4.69) is 35.6 Å². The van der Waals surface area contributed by atoms with Gasteiger partial charge in [0.1, 0.15) is 6.04 Å². The van der Waals surface area contributed by atoms with Crippen molar-refractivity contribution in [2.75, 3.05) is 0 Å². The molecule has 110 valence electrons. The first-order valence-electron chi connectivity index (χ1n) is 7.06. The zero-order valence-corrected chi connectivity index (χ0v) is 12.0. The Kier molecular flexibility index (Phi) is 4.93. The lowest BCUT2D eigenvalue weighted by Gasteiger charge is -2.09. The molecule has 4 nitrogen and oxygen atoms in total. The second kappa shape index (κ2) is 6.88. The van der Waals surface area contributed by atoms with Crippen molar-refractivity contribution in [1.29, 1.82) is 0 Å². The van der Waals surface area contributed by atoms with Gasteiger partial charge in [0.25, 0.3) is 0 Å². The zero-order valence-electron chi connectivity index (χ0n) is 12.0. The van der Waals surface area contributed by atoms with Crippen molar-refractivity contribution in [1.82, 2.24) is 5.32 Å². The lowest BCUT2D eigenvalue weighted by Crippen LogP contribution is -2.38. The van der Waals surface area contributed by atoms with Gasteiger partial charge in [-0.2, -0.15) is 0 Å². The van der Waals surface area contributed by atoms with Crippen molar-refractivity contribution in [3.63, 3.8) is 0 Å². The minimum absolute atomic E-state index is 0.217. The zero-order chi connectivity index (χ0) is 15.2. The second-order valence-corrected chi connectivity index (χ2v) is 5.16. The molecule has 2 N–H and O–H groups in total. The SMILES string of the molecule is C[C@H](NC(=O)CCCc1ccc2ccccc2c1)C(=O)O. The van der Waals surface area contributed by atoms with Crippen LogP contribution in [0, 0.1) is 0 Å².